The summed E-state index contributed by atoms with van der Waals surface area (Å²) in [6, 6.07) is 181. The van der Waals surface area contributed by atoms with Crippen molar-refractivity contribution in [2.45, 2.75) is 0 Å². The third-order valence-corrected chi connectivity index (χ3v) is 41.0. The molecule has 0 saturated carbocycles. The van der Waals surface area contributed by atoms with Crippen molar-refractivity contribution in [1.82, 2.24) is 61.0 Å². The van der Waals surface area contributed by atoms with Crippen molar-refractivity contribution in [2.75, 3.05) is 0 Å². The van der Waals surface area contributed by atoms with Crippen LogP contribution < -0.4 is 41.5 Å². The van der Waals surface area contributed by atoms with Gasteiger partial charge in [-0.15, -0.1) is 11.3 Å². The van der Waals surface area contributed by atoms with E-state index < -0.39 is 16.1 Å². The van der Waals surface area contributed by atoms with Gasteiger partial charge in [-0.25, -0.2) is 24.9 Å². The molecule has 11 aromatic heterocycles. The second-order valence-electron chi connectivity index (χ2n) is 37.4. The van der Waals surface area contributed by atoms with Crippen LogP contribution in [-0.2, 0) is 0 Å². The molecule has 19 aromatic carbocycles. The van der Waals surface area contributed by atoms with Gasteiger partial charge in [0.25, 0.3) is 0 Å². The van der Waals surface area contributed by atoms with Gasteiger partial charge in [-0.1, -0.05) is 352 Å². The maximum Gasteiger partial charge on any atom is 0.221 e. The summed E-state index contributed by atoms with van der Waals surface area (Å²) in [7, 11) is -6.23. The molecular weight excluding hydrogens is 1800 g/mol. The maximum absolute atomic E-state index is 5.89. The number of hydrogen-bond acceptors (Lipinski definition) is 6. The van der Waals surface area contributed by atoms with Gasteiger partial charge < -0.3 is 4.57 Å². The molecule has 0 saturated heterocycles. The lowest BCUT2D eigenvalue weighted by molar-refractivity contribution is 0.983. The van der Waals surface area contributed by atoms with Gasteiger partial charge in [0, 0.05) is 47.4 Å². The van der Waals surface area contributed by atoms with Gasteiger partial charge in [-0.3, -0.25) is 31.5 Å². The number of pyridine rings is 2. The van der Waals surface area contributed by atoms with Crippen LogP contribution in [0.25, 0.3) is 210 Å². The second-order valence-corrected chi connectivity index (χ2v) is 46.1. The third-order valence-electron chi connectivity index (χ3n) is 30.0. The molecule has 0 atom stereocenters. The van der Waals surface area contributed by atoms with Crippen molar-refractivity contribution in [2.24, 2.45) is 0 Å². The number of rotatable bonds is 16. The zero-order valence-corrected chi connectivity index (χ0v) is 79.8. The molecule has 0 aliphatic rings. The minimum absolute atomic E-state index is 0.707. The van der Waals surface area contributed by atoms with E-state index in [4.69, 9.17) is 24.9 Å². The van der Waals surface area contributed by atoms with Crippen molar-refractivity contribution in [3.63, 3.8) is 0 Å². The van der Waals surface area contributed by atoms with E-state index in [9.17, 15) is 0 Å². The third kappa shape index (κ3) is 12.0. The molecule has 16 heteroatoms. The number of imidazole rings is 6. The van der Waals surface area contributed by atoms with Gasteiger partial charge in [-0.05, 0) is 214 Å². The average molecular weight is 1880 g/mol. The summed E-state index contributed by atoms with van der Waals surface area (Å²) in [5.74, 6) is 5.19. The molecule has 0 radical (unpaired) electrons. The van der Waals surface area contributed by atoms with Crippen LogP contribution in [-0.4, -0.2) is 77.1 Å². The van der Waals surface area contributed by atoms with Gasteiger partial charge >= 0.3 is 0 Å². The fourth-order valence-corrected chi connectivity index (χ4v) is 35.1. The maximum atomic E-state index is 5.89. The molecule has 0 aliphatic heterocycles. The number of fused-ring (bicyclic) bond motifs is 24. The van der Waals surface area contributed by atoms with E-state index in [-0.39, 0.29) is 0 Å². The lowest BCUT2D eigenvalue weighted by atomic mass is 10.0. The van der Waals surface area contributed by atoms with Crippen molar-refractivity contribution >= 4 is 216 Å². The van der Waals surface area contributed by atoms with Crippen LogP contribution in [0.1, 0.15) is 0 Å². The van der Waals surface area contributed by atoms with Crippen molar-refractivity contribution in [3.8, 4) is 62.3 Å². The summed E-state index contributed by atoms with van der Waals surface area (Å²) in [6.07, 6.45) is 0. The highest BCUT2D eigenvalue weighted by Crippen LogP contribution is 2.43. The Bertz CT molecular complexity index is 10300. The van der Waals surface area contributed by atoms with Crippen LogP contribution in [0.3, 0.4) is 0 Å². The molecular formula is C127H81N13SSi2. The molecule has 0 aliphatic carbocycles. The molecule has 0 unspecified atom stereocenters. The van der Waals surface area contributed by atoms with Gasteiger partial charge in [0.1, 0.15) is 23.3 Å². The molecule has 0 bridgehead atoms. The number of hydrogen-bond donors (Lipinski definition) is 0. The first-order valence-electron chi connectivity index (χ1n) is 48.6. The molecule has 30 aromatic rings. The molecule has 0 fully saturated rings. The fraction of sp³-hybridized carbons (Fsp3) is 0. The lowest BCUT2D eigenvalue weighted by Crippen LogP contribution is -2.74. The van der Waals surface area contributed by atoms with E-state index in [1.165, 1.54) is 83.5 Å². The van der Waals surface area contributed by atoms with E-state index in [0.29, 0.717) is 5.82 Å². The summed E-state index contributed by atoms with van der Waals surface area (Å²) in [5.41, 5.74) is 23.3. The zero-order chi connectivity index (χ0) is 93.7. The normalized spacial score (nSPS) is 12.3. The Kier molecular flexibility index (Phi) is 17.8. The standard InChI is InChI=1S/C127H81N13SSi2/c1-5-34-89(35-6-1)142(90-36-7-2-8-37-90,95-42-31-33-88(81-95)133-105-50-19-13-43-96(105)97-44-14-20-51-106(97)133)93-69-63-82(64-70-93)86-77-120(134-107-52-21-15-45-98(107)99-46-16-22-53-108(99)134)131-121(78-86)139-114-59-28-25-56-111(114)136-116-75-84(67-73-103(116)129-126(136)139)85-68-74-104-117(76-85)137-112-57-26-29-60-115(112)140(127(137)130-104)123-80-87(79-122(132-123)138-113-58-27-24-55-110(113)135-109-54-23-18-49-102(109)128-125(135)138)83-65-71-94(72-66-83)143(91-38-9-3-10-39-91,92-40-11-4-12-41-92)119-62-32-48-101-100-47-17-30-61-118(100)141-124(101)119/h1-81H. The monoisotopic (exact) mass is 1880 g/mol. The summed E-state index contributed by atoms with van der Waals surface area (Å²) >= 11 is 1.91. The Morgan fingerprint density at radius 1 is 0.175 bits per heavy atom. The van der Waals surface area contributed by atoms with Crippen LogP contribution in [0.2, 0.25) is 0 Å². The summed E-state index contributed by atoms with van der Waals surface area (Å²) in [4.78, 5) is 28.6. The average Bonchev–Trinajstić information content (AvgIpc) is 1.57. The number of nitrogens with zero attached hydrogens (tertiary/aromatic N) is 13. The Morgan fingerprint density at radius 2 is 0.490 bits per heavy atom. The smallest absolute Gasteiger partial charge is 0.221 e. The van der Waals surface area contributed by atoms with Crippen LogP contribution in [0.15, 0.2) is 491 Å². The Hall–Kier alpha value is -18.5. The van der Waals surface area contributed by atoms with E-state index in [0.717, 1.165) is 162 Å². The zero-order valence-electron chi connectivity index (χ0n) is 77.0. The number of para-hydroxylation sites is 12. The highest BCUT2D eigenvalue weighted by atomic mass is 32.1. The SMILES string of the molecule is c1ccc([Si](c2ccccc2)(c2ccc(-c3cc(-n4c5ccccc5c5ccccc54)nc(-n4c5ccccc5n5c6cc(-c7ccc8nc9n(-c%10cc(-c%11ccc([Si](c%12ccccc%12)(c%12ccccc%12)c%12cccc%13c%12sc%12ccccc%12%13)cc%11)cc(-n%11c%12ccccc%12n%12c%13ccccc%13nc%11%12)n%10)c%10ccccc%10n9c8c7)ccc6nc45)c3)cc2)c2cccc(-n3c4ccccc4c4ccccc43)c2)cc1. The summed E-state index contributed by atoms with van der Waals surface area (Å²) < 4.78 is 21.1. The Balaban J connectivity index is 0.571. The Morgan fingerprint density at radius 3 is 0.937 bits per heavy atom. The van der Waals surface area contributed by atoms with Gasteiger partial charge in [0.2, 0.25) is 17.3 Å². The van der Waals surface area contributed by atoms with Crippen molar-refractivity contribution < 1.29 is 0 Å². The highest BCUT2D eigenvalue weighted by molar-refractivity contribution is 7.30. The minimum Gasteiger partial charge on any atom is -0.309 e. The molecule has 13 nitrogen and oxygen atoms in total. The van der Waals surface area contributed by atoms with Gasteiger partial charge in [0.05, 0.1) is 88.3 Å². The van der Waals surface area contributed by atoms with Gasteiger partial charge in [0.15, 0.2) is 16.1 Å². The molecule has 0 spiro atoms. The predicted molar refractivity (Wildman–Crippen MR) is 596 cm³/mol. The van der Waals surface area contributed by atoms with Crippen LogP contribution in [0.5, 0.6) is 0 Å². The molecule has 0 amide bonds. The lowest BCUT2D eigenvalue weighted by Gasteiger charge is -2.35. The van der Waals surface area contributed by atoms with Crippen LogP contribution in [0, 0.1) is 0 Å². The van der Waals surface area contributed by atoms with Crippen molar-refractivity contribution in [1.29, 1.82) is 0 Å². The molecule has 0 N–H and O–H groups in total. The van der Waals surface area contributed by atoms with E-state index in [1.807, 2.05) is 11.3 Å². The first-order chi connectivity index (χ1) is 70.9. The Labute approximate surface area is 824 Å². The number of thiophene rings is 1. The number of benzene rings is 19. The summed E-state index contributed by atoms with van der Waals surface area (Å²) in [5, 5.41) is 17.8. The molecule has 143 heavy (non-hydrogen) atoms. The highest BCUT2D eigenvalue weighted by Gasteiger charge is 2.45. The van der Waals surface area contributed by atoms with Crippen LogP contribution in [0.4, 0.5) is 0 Å². The van der Waals surface area contributed by atoms with E-state index in [2.05, 4.69) is 527 Å². The summed E-state index contributed by atoms with van der Waals surface area (Å²) in [6.45, 7) is 0. The van der Waals surface area contributed by atoms with Gasteiger partial charge in [-0.2, -0.15) is 0 Å². The van der Waals surface area contributed by atoms with Crippen LogP contribution >= 0.6 is 11.3 Å². The van der Waals surface area contributed by atoms with Crippen molar-refractivity contribution in [3.05, 3.63) is 491 Å². The van der Waals surface area contributed by atoms with E-state index in [1.54, 1.807) is 0 Å². The van der Waals surface area contributed by atoms with E-state index >= 15 is 0 Å². The first-order valence-corrected chi connectivity index (χ1v) is 53.4. The molecule has 11 heterocycles. The fourth-order valence-electron chi connectivity index (χ4n) is 23.8. The largest absolute Gasteiger partial charge is 0.309 e. The quantitative estimate of drug-likeness (QED) is 0.0708. The molecule has 668 valence electrons. The topological polar surface area (TPSA) is 102 Å². The first kappa shape index (κ1) is 80.6. The minimum atomic E-state index is -3.14. The second kappa shape index (κ2) is 31.5. The molecule has 30 rings (SSSR count). The number of aromatic nitrogens is 13. The predicted octanol–water partition coefficient (Wildman–Crippen LogP) is 25.0.